The van der Waals surface area contributed by atoms with E-state index >= 15 is 0 Å². The molecule has 1 aliphatic heterocycles. The maximum absolute atomic E-state index is 13.8. The van der Waals surface area contributed by atoms with Crippen LogP contribution in [-0.4, -0.2) is 23.2 Å². The predicted molar refractivity (Wildman–Crippen MR) is 152 cm³/mol. The van der Waals surface area contributed by atoms with Crippen LogP contribution < -0.4 is 19.6 Å². The molecule has 188 valence electrons. The normalized spacial score (nSPS) is 15.7. The zero-order valence-corrected chi connectivity index (χ0v) is 24.3. The Hall–Kier alpha value is -2.43. The van der Waals surface area contributed by atoms with Crippen LogP contribution in [0.5, 0.6) is 5.75 Å². The Morgan fingerprint density at radius 2 is 1.94 bits per heavy atom. The highest BCUT2D eigenvalue weighted by Crippen LogP contribution is 2.32. The van der Waals surface area contributed by atoms with Crippen molar-refractivity contribution in [2.75, 3.05) is 6.61 Å². The standard InChI is InChI=1S/C27H26ClIN2O4S/c1-6-34-26(33)22-16(5)30-27-31(23(22)17-9-7-15(4)8-10-17)25(32)21(36-27)12-18-11-19(28)13-20(29)24(18)35-14(2)3/h7-14,23H,6H2,1-5H3/b21-12-/t23-/m0/s1. The van der Waals surface area contributed by atoms with Crippen LogP contribution in [0.1, 0.15) is 50.4 Å². The first-order valence-electron chi connectivity index (χ1n) is 11.5. The number of hydrogen-bond acceptors (Lipinski definition) is 6. The van der Waals surface area contributed by atoms with Gasteiger partial charge >= 0.3 is 5.97 Å². The molecule has 4 rings (SSSR count). The molecule has 0 saturated carbocycles. The summed E-state index contributed by atoms with van der Waals surface area (Å²) in [7, 11) is 0. The third kappa shape index (κ3) is 5.31. The van der Waals surface area contributed by atoms with Gasteiger partial charge in [-0.25, -0.2) is 9.79 Å². The fourth-order valence-electron chi connectivity index (χ4n) is 4.04. The molecule has 3 aromatic rings. The van der Waals surface area contributed by atoms with Crippen LogP contribution >= 0.6 is 45.5 Å². The van der Waals surface area contributed by atoms with Gasteiger partial charge in [0, 0.05) is 10.6 Å². The molecule has 2 heterocycles. The molecule has 2 aromatic carbocycles. The average Bonchev–Trinajstić information content (AvgIpc) is 3.10. The second-order valence-corrected chi connectivity index (χ2v) is 11.3. The number of rotatable bonds is 6. The maximum Gasteiger partial charge on any atom is 0.338 e. The summed E-state index contributed by atoms with van der Waals surface area (Å²) in [5, 5.41) is 0.549. The smallest absolute Gasteiger partial charge is 0.338 e. The Bertz CT molecular complexity index is 1540. The molecule has 0 unspecified atom stereocenters. The molecule has 1 atom stereocenters. The number of thiazole rings is 1. The van der Waals surface area contributed by atoms with Crippen LogP contribution in [0.2, 0.25) is 5.02 Å². The number of carbonyl (C=O) groups excluding carboxylic acids is 1. The number of nitrogens with zero attached hydrogens (tertiary/aromatic N) is 2. The van der Waals surface area contributed by atoms with E-state index in [-0.39, 0.29) is 18.3 Å². The van der Waals surface area contributed by atoms with E-state index in [9.17, 15) is 9.59 Å². The van der Waals surface area contributed by atoms with Crippen molar-refractivity contribution in [2.24, 2.45) is 4.99 Å². The molecule has 0 N–H and O–H groups in total. The van der Waals surface area contributed by atoms with Gasteiger partial charge in [0.25, 0.3) is 5.56 Å². The van der Waals surface area contributed by atoms with Crippen LogP contribution in [0.15, 0.2) is 57.5 Å². The van der Waals surface area contributed by atoms with E-state index in [2.05, 4.69) is 27.6 Å². The molecule has 0 saturated heterocycles. The average molecular weight is 637 g/mol. The number of aromatic nitrogens is 1. The molecule has 0 spiro atoms. The van der Waals surface area contributed by atoms with Gasteiger partial charge in [-0.3, -0.25) is 9.36 Å². The summed E-state index contributed by atoms with van der Waals surface area (Å²) >= 11 is 9.80. The molecular formula is C27H26ClIN2O4S. The van der Waals surface area contributed by atoms with Gasteiger partial charge in [-0.1, -0.05) is 52.8 Å². The van der Waals surface area contributed by atoms with Gasteiger partial charge < -0.3 is 9.47 Å². The quantitative estimate of drug-likeness (QED) is 0.277. The lowest BCUT2D eigenvalue weighted by atomic mass is 9.95. The Morgan fingerprint density at radius 3 is 2.58 bits per heavy atom. The topological polar surface area (TPSA) is 69.9 Å². The number of aryl methyl sites for hydroxylation is 1. The zero-order valence-electron chi connectivity index (χ0n) is 20.6. The minimum atomic E-state index is -0.645. The summed E-state index contributed by atoms with van der Waals surface area (Å²) < 4.78 is 14.3. The van der Waals surface area contributed by atoms with Crippen molar-refractivity contribution in [3.63, 3.8) is 0 Å². The zero-order chi connectivity index (χ0) is 26.1. The molecule has 0 aliphatic carbocycles. The summed E-state index contributed by atoms with van der Waals surface area (Å²) in [6, 6.07) is 10.8. The fraction of sp³-hybridized carbons (Fsp3) is 0.296. The minimum absolute atomic E-state index is 0.0515. The van der Waals surface area contributed by atoms with Crippen molar-refractivity contribution in [3.05, 3.63) is 92.6 Å². The summed E-state index contributed by atoms with van der Waals surface area (Å²) in [4.78, 5) is 32.0. The number of fused-ring (bicyclic) bond motifs is 1. The van der Waals surface area contributed by atoms with Crippen molar-refractivity contribution in [1.82, 2.24) is 4.57 Å². The summed E-state index contributed by atoms with van der Waals surface area (Å²) in [6.07, 6.45) is 1.73. The number of carbonyl (C=O) groups is 1. The Balaban J connectivity index is 1.97. The van der Waals surface area contributed by atoms with Crippen molar-refractivity contribution >= 4 is 57.6 Å². The summed E-state index contributed by atoms with van der Waals surface area (Å²) in [6.45, 7) is 9.65. The molecule has 0 fully saturated rings. The summed E-state index contributed by atoms with van der Waals surface area (Å²) in [5.41, 5.74) is 3.25. The predicted octanol–water partition coefficient (Wildman–Crippen LogP) is 5.15. The first-order valence-corrected chi connectivity index (χ1v) is 13.8. The van der Waals surface area contributed by atoms with E-state index < -0.39 is 12.0 Å². The van der Waals surface area contributed by atoms with Crippen LogP contribution in [0.25, 0.3) is 6.08 Å². The Labute approximate surface area is 232 Å². The van der Waals surface area contributed by atoms with Crippen LogP contribution in [0.4, 0.5) is 0 Å². The molecule has 9 heteroatoms. The molecular weight excluding hydrogens is 611 g/mol. The molecule has 0 bridgehead atoms. The SMILES string of the molecule is CCOC(=O)C1=C(C)N=c2s/c(=C\c3cc(Cl)cc(I)c3OC(C)C)c(=O)n2[C@H]1c1ccc(C)cc1. The first kappa shape index (κ1) is 26.6. The monoisotopic (exact) mass is 636 g/mol. The van der Waals surface area contributed by atoms with Crippen LogP contribution in [0, 0.1) is 10.5 Å². The highest BCUT2D eigenvalue weighted by Gasteiger charge is 2.33. The second kappa shape index (κ2) is 10.9. The van der Waals surface area contributed by atoms with E-state index in [4.69, 9.17) is 21.1 Å². The fourth-order valence-corrected chi connectivity index (χ4v) is 6.27. The number of hydrogen-bond donors (Lipinski definition) is 0. The van der Waals surface area contributed by atoms with Gasteiger partial charge in [0.2, 0.25) is 0 Å². The van der Waals surface area contributed by atoms with E-state index in [1.54, 1.807) is 30.6 Å². The lowest BCUT2D eigenvalue weighted by molar-refractivity contribution is -0.139. The van der Waals surface area contributed by atoms with E-state index in [0.717, 1.165) is 14.7 Å². The molecule has 1 aliphatic rings. The van der Waals surface area contributed by atoms with Crippen LogP contribution in [0.3, 0.4) is 0 Å². The van der Waals surface area contributed by atoms with Crippen molar-refractivity contribution < 1.29 is 14.3 Å². The molecule has 6 nitrogen and oxygen atoms in total. The summed E-state index contributed by atoms with van der Waals surface area (Å²) in [5.74, 6) is 0.190. The second-order valence-electron chi connectivity index (χ2n) is 8.69. The number of halogens is 2. The largest absolute Gasteiger partial charge is 0.489 e. The van der Waals surface area contributed by atoms with Gasteiger partial charge in [0.05, 0.1) is 38.1 Å². The minimum Gasteiger partial charge on any atom is -0.489 e. The van der Waals surface area contributed by atoms with Gasteiger partial charge in [-0.05, 0) is 81.0 Å². The van der Waals surface area contributed by atoms with Crippen molar-refractivity contribution in [1.29, 1.82) is 0 Å². The van der Waals surface area contributed by atoms with Crippen molar-refractivity contribution in [3.8, 4) is 5.75 Å². The van der Waals surface area contributed by atoms with Gasteiger partial charge in [0.1, 0.15) is 5.75 Å². The first-order chi connectivity index (χ1) is 17.1. The lowest BCUT2D eigenvalue weighted by Gasteiger charge is -2.24. The van der Waals surface area contributed by atoms with E-state index in [0.29, 0.717) is 36.9 Å². The van der Waals surface area contributed by atoms with Gasteiger partial charge in [-0.2, -0.15) is 0 Å². The maximum atomic E-state index is 13.8. The molecule has 36 heavy (non-hydrogen) atoms. The molecule has 0 radical (unpaired) electrons. The third-order valence-corrected chi connectivity index (χ3v) is 7.59. The van der Waals surface area contributed by atoms with E-state index in [1.165, 1.54) is 11.3 Å². The Morgan fingerprint density at radius 1 is 1.25 bits per heavy atom. The number of benzene rings is 2. The Kier molecular flexibility index (Phi) is 8.06. The van der Waals surface area contributed by atoms with Crippen molar-refractivity contribution in [2.45, 2.75) is 46.8 Å². The van der Waals surface area contributed by atoms with Gasteiger partial charge in [0.15, 0.2) is 4.80 Å². The number of ether oxygens (including phenoxy) is 2. The number of allylic oxidation sites excluding steroid dienone is 1. The molecule has 1 aromatic heterocycles. The third-order valence-electron chi connectivity index (χ3n) is 5.59. The number of esters is 1. The molecule has 0 amide bonds. The van der Waals surface area contributed by atoms with Gasteiger partial charge in [-0.15, -0.1) is 0 Å². The van der Waals surface area contributed by atoms with Crippen LogP contribution in [-0.2, 0) is 9.53 Å². The highest BCUT2D eigenvalue weighted by molar-refractivity contribution is 14.1. The highest BCUT2D eigenvalue weighted by atomic mass is 127. The lowest BCUT2D eigenvalue weighted by Crippen LogP contribution is -2.39. The van der Waals surface area contributed by atoms with E-state index in [1.807, 2.05) is 51.1 Å².